The van der Waals surface area contributed by atoms with Crippen molar-refractivity contribution in [1.82, 2.24) is 15.0 Å². The maximum atomic E-state index is 13.2. The number of aliphatic imine (C=N–C) groups is 1. The number of aryl methyl sites for hydroxylation is 1. The molecule has 3 heterocycles. The predicted molar refractivity (Wildman–Crippen MR) is 150 cm³/mol. The minimum absolute atomic E-state index is 0.144. The molecule has 0 amide bonds. The molecule has 6 rings (SSSR count). The molecule has 5 aromatic rings. The molecule has 0 saturated heterocycles. The van der Waals surface area contributed by atoms with E-state index >= 15 is 0 Å². The number of amidine groups is 1. The number of hydrogen-bond donors (Lipinski definition) is 2. The van der Waals surface area contributed by atoms with E-state index in [9.17, 15) is 14.7 Å². The van der Waals surface area contributed by atoms with E-state index in [4.69, 9.17) is 23.1 Å². The summed E-state index contributed by atoms with van der Waals surface area (Å²) in [6.45, 7) is 3.91. The van der Waals surface area contributed by atoms with Crippen molar-refractivity contribution in [2.75, 3.05) is 6.61 Å². The second kappa shape index (κ2) is 11.4. The number of rotatable bonds is 9. The van der Waals surface area contributed by atoms with Gasteiger partial charge in [0.05, 0.1) is 29.7 Å². The number of esters is 1. The number of nitrogens with one attached hydrogen (secondary N) is 1. The monoisotopic (exact) mass is 570 g/mol. The summed E-state index contributed by atoms with van der Waals surface area (Å²) >= 11 is 0. The topological polar surface area (TPSA) is 151 Å². The van der Waals surface area contributed by atoms with E-state index in [1.165, 1.54) is 0 Å². The molecule has 12 heteroatoms. The lowest BCUT2D eigenvalue weighted by molar-refractivity contribution is -0.102. The summed E-state index contributed by atoms with van der Waals surface area (Å²) in [5.74, 6) is -0.633. The van der Waals surface area contributed by atoms with Crippen LogP contribution >= 0.6 is 0 Å². The fourth-order valence-electron chi connectivity index (χ4n) is 4.74. The van der Waals surface area contributed by atoms with E-state index in [0.717, 1.165) is 22.3 Å². The Morgan fingerprint density at radius 1 is 1.05 bits per heavy atom. The van der Waals surface area contributed by atoms with E-state index in [0.29, 0.717) is 36.0 Å². The molecule has 0 fully saturated rings. The van der Waals surface area contributed by atoms with Gasteiger partial charge in [0.2, 0.25) is 0 Å². The molecule has 2 aromatic heterocycles. The molecule has 1 aliphatic heterocycles. The molecule has 2 N–H and O–H groups in total. The van der Waals surface area contributed by atoms with Crippen molar-refractivity contribution in [2.24, 2.45) is 4.99 Å². The summed E-state index contributed by atoms with van der Waals surface area (Å²) in [4.78, 5) is 38.2. The summed E-state index contributed by atoms with van der Waals surface area (Å²) < 4.78 is 22.9. The van der Waals surface area contributed by atoms with Gasteiger partial charge in [0.25, 0.3) is 12.4 Å². The number of nitrogens with zero attached hydrogens (tertiary/aromatic N) is 3. The Balaban J connectivity index is 1.31. The Labute approximate surface area is 238 Å². The third kappa shape index (κ3) is 5.28. The number of ether oxygens (including phenoxy) is 2. The van der Waals surface area contributed by atoms with Crippen LogP contribution < -0.4 is 16.0 Å². The molecule has 0 saturated carbocycles. The van der Waals surface area contributed by atoms with Crippen molar-refractivity contribution in [2.45, 2.75) is 33.4 Å². The molecule has 42 heavy (non-hydrogen) atoms. The Morgan fingerprint density at radius 2 is 1.83 bits per heavy atom. The van der Waals surface area contributed by atoms with Crippen LogP contribution in [-0.2, 0) is 22.7 Å². The maximum Gasteiger partial charge on any atom is 0.519 e. The van der Waals surface area contributed by atoms with Crippen LogP contribution in [0, 0.1) is 6.92 Å². The molecule has 1 atom stereocenters. The molecule has 3 aromatic carbocycles. The van der Waals surface area contributed by atoms with Crippen LogP contribution in [0.15, 0.2) is 85.4 Å². The van der Waals surface area contributed by atoms with E-state index in [1.807, 2.05) is 60.0 Å². The first-order valence-corrected chi connectivity index (χ1v) is 13.2. The van der Waals surface area contributed by atoms with Gasteiger partial charge >= 0.3 is 11.8 Å². The van der Waals surface area contributed by atoms with Gasteiger partial charge in [-0.05, 0) is 42.7 Å². The van der Waals surface area contributed by atoms with Crippen LogP contribution in [0.4, 0.5) is 0 Å². The lowest BCUT2D eigenvalue weighted by Gasteiger charge is -2.13. The highest BCUT2D eigenvalue weighted by atomic mass is 16.7. The second-order valence-electron chi connectivity index (χ2n) is 9.36. The van der Waals surface area contributed by atoms with Crippen LogP contribution in [-0.4, -0.2) is 39.5 Å². The smallest absolute Gasteiger partial charge is 0.465 e. The summed E-state index contributed by atoms with van der Waals surface area (Å²) in [5, 5.41) is 9.63. The van der Waals surface area contributed by atoms with E-state index in [2.05, 4.69) is 15.5 Å². The number of para-hydroxylation sites is 1. The summed E-state index contributed by atoms with van der Waals surface area (Å²) in [6.07, 6.45) is -1.25. The fourth-order valence-corrected chi connectivity index (χ4v) is 4.74. The zero-order valence-corrected chi connectivity index (χ0v) is 22.7. The number of aliphatic hydroxyl groups excluding tert-OH is 1. The SMILES string of the molecule is CCOc1nc2cccc(C(=O)OCc3oc(=O)oc3C)c2n1Cc1ccc(-c2ccccc2C2=NC(O)ON2)cc1. The number of hydrogen-bond acceptors (Lipinski definition) is 11. The molecule has 1 aliphatic rings. The molecular formula is C30H26N4O8. The normalized spacial score (nSPS) is 14.5. The quantitative estimate of drug-likeness (QED) is 0.250. The number of aromatic nitrogens is 2. The van der Waals surface area contributed by atoms with Crippen molar-refractivity contribution in [1.29, 1.82) is 0 Å². The first-order chi connectivity index (χ1) is 20.4. The number of aliphatic hydroxyl groups is 1. The van der Waals surface area contributed by atoms with Crippen LogP contribution in [0.1, 0.15) is 39.9 Å². The Hall–Kier alpha value is -5.20. The third-order valence-corrected chi connectivity index (χ3v) is 6.68. The molecule has 0 radical (unpaired) electrons. The van der Waals surface area contributed by atoms with Gasteiger partial charge in [-0.3, -0.25) is 4.57 Å². The first-order valence-electron chi connectivity index (χ1n) is 13.2. The van der Waals surface area contributed by atoms with Crippen LogP contribution in [0.25, 0.3) is 22.2 Å². The van der Waals surface area contributed by atoms with Crippen molar-refractivity contribution in [3.05, 3.63) is 106 Å². The lowest BCUT2D eigenvalue weighted by atomic mass is 9.98. The highest BCUT2D eigenvalue weighted by Crippen LogP contribution is 2.29. The molecular weight excluding hydrogens is 544 g/mol. The largest absolute Gasteiger partial charge is 0.519 e. The fraction of sp³-hybridized carbons (Fsp3) is 0.200. The van der Waals surface area contributed by atoms with Crippen molar-refractivity contribution in [3.8, 4) is 17.1 Å². The van der Waals surface area contributed by atoms with Crippen molar-refractivity contribution >= 4 is 22.8 Å². The second-order valence-corrected chi connectivity index (χ2v) is 9.36. The zero-order valence-electron chi connectivity index (χ0n) is 22.7. The van der Waals surface area contributed by atoms with E-state index < -0.39 is 18.2 Å². The van der Waals surface area contributed by atoms with Gasteiger partial charge in [-0.15, -0.1) is 0 Å². The summed E-state index contributed by atoms with van der Waals surface area (Å²) in [7, 11) is 0. The van der Waals surface area contributed by atoms with E-state index in [-0.39, 0.29) is 23.7 Å². The van der Waals surface area contributed by atoms with Crippen molar-refractivity contribution < 1.29 is 33.0 Å². The minimum atomic E-state index is -1.25. The van der Waals surface area contributed by atoms with Gasteiger partial charge in [0.15, 0.2) is 24.0 Å². The number of hydroxylamine groups is 1. The average Bonchev–Trinajstić information content (AvgIpc) is 3.68. The number of imidazole rings is 1. The van der Waals surface area contributed by atoms with Crippen LogP contribution in [0.2, 0.25) is 0 Å². The summed E-state index contributed by atoms with van der Waals surface area (Å²) in [5.41, 5.74) is 7.63. The number of carbonyl (C=O) groups excluding carboxylic acids is 1. The standard InChI is InChI=1S/C30H26N4O8/c1-3-38-28-31-23-10-6-9-22(27(35)39-16-24-17(2)40-30(37)41-24)25(23)34(28)15-18-11-13-19(14-12-18)20-7-4-5-8-21(20)26-32-29(36)42-33-26/h4-14,29,36H,3,15-16H2,1-2H3,(H,32,33). The summed E-state index contributed by atoms with van der Waals surface area (Å²) in [6, 6.07) is 21.1. The molecule has 0 spiro atoms. The van der Waals surface area contributed by atoms with Gasteiger partial charge < -0.3 is 23.4 Å². The van der Waals surface area contributed by atoms with Gasteiger partial charge in [0, 0.05) is 5.56 Å². The van der Waals surface area contributed by atoms with Gasteiger partial charge in [-0.1, -0.05) is 54.6 Å². The molecule has 1 unspecified atom stereocenters. The van der Waals surface area contributed by atoms with Crippen molar-refractivity contribution in [3.63, 3.8) is 0 Å². The van der Waals surface area contributed by atoms with Gasteiger partial charge in [0.1, 0.15) is 0 Å². The molecule has 214 valence electrons. The van der Waals surface area contributed by atoms with Gasteiger partial charge in [-0.2, -0.15) is 4.98 Å². The predicted octanol–water partition coefficient (Wildman–Crippen LogP) is 3.92. The number of fused-ring (bicyclic) bond motifs is 1. The molecule has 12 nitrogen and oxygen atoms in total. The highest BCUT2D eigenvalue weighted by Gasteiger charge is 2.22. The Bertz CT molecular complexity index is 1850. The first kappa shape index (κ1) is 27.0. The third-order valence-electron chi connectivity index (χ3n) is 6.68. The number of carbonyl (C=O) groups is 1. The number of benzene rings is 3. The Morgan fingerprint density at radius 3 is 2.52 bits per heavy atom. The average molecular weight is 571 g/mol. The highest BCUT2D eigenvalue weighted by molar-refractivity contribution is 6.04. The van der Waals surface area contributed by atoms with Crippen LogP contribution in [0.3, 0.4) is 0 Å². The van der Waals surface area contributed by atoms with Gasteiger partial charge in [-0.25, -0.2) is 24.9 Å². The van der Waals surface area contributed by atoms with Crippen LogP contribution in [0.5, 0.6) is 6.01 Å². The Kier molecular flexibility index (Phi) is 7.30. The van der Waals surface area contributed by atoms with E-state index in [1.54, 1.807) is 25.1 Å². The zero-order chi connectivity index (χ0) is 29.2. The molecule has 0 bridgehead atoms. The lowest BCUT2D eigenvalue weighted by Crippen LogP contribution is -2.19. The molecule has 0 aliphatic carbocycles. The maximum absolute atomic E-state index is 13.2. The minimum Gasteiger partial charge on any atom is -0.465 e.